The third kappa shape index (κ3) is 4.13. The highest BCUT2D eigenvalue weighted by atomic mass is 35.5. The van der Waals surface area contributed by atoms with Crippen molar-refractivity contribution >= 4 is 23.3 Å². The Kier molecular flexibility index (Phi) is 5.51. The fraction of sp³-hybridized carbons (Fsp3) is 0.588. The molecule has 1 saturated carbocycles. The van der Waals surface area contributed by atoms with Crippen molar-refractivity contribution in [1.82, 2.24) is 0 Å². The van der Waals surface area contributed by atoms with Gasteiger partial charge in [0, 0.05) is 16.8 Å². The number of nitrogens with one attached hydrogen (secondary N) is 1. The van der Waals surface area contributed by atoms with Gasteiger partial charge in [-0.2, -0.15) is 0 Å². The van der Waals surface area contributed by atoms with E-state index in [9.17, 15) is 9.90 Å². The minimum atomic E-state index is -0.930. The summed E-state index contributed by atoms with van der Waals surface area (Å²) in [6.45, 7) is 4.03. The Hall–Kier alpha value is -1.22. The monoisotopic (exact) mass is 309 g/mol. The highest BCUT2D eigenvalue weighted by molar-refractivity contribution is 6.31. The van der Waals surface area contributed by atoms with Gasteiger partial charge in [0.25, 0.3) is 0 Å². The number of aromatic carboxylic acids is 1. The lowest BCUT2D eigenvalue weighted by molar-refractivity contribution is 0.0696. The van der Waals surface area contributed by atoms with Crippen LogP contribution in [0.3, 0.4) is 0 Å². The second-order valence-electron chi connectivity index (χ2n) is 6.12. The van der Waals surface area contributed by atoms with Crippen LogP contribution in [-0.2, 0) is 0 Å². The second kappa shape index (κ2) is 7.17. The molecule has 0 spiro atoms. The van der Waals surface area contributed by atoms with Crippen LogP contribution in [0.2, 0.25) is 5.02 Å². The van der Waals surface area contributed by atoms with Gasteiger partial charge in [-0.3, -0.25) is 0 Å². The highest BCUT2D eigenvalue weighted by Gasteiger charge is 2.20. The van der Waals surface area contributed by atoms with Crippen LogP contribution in [0.5, 0.6) is 0 Å². The fourth-order valence-electron chi connectivity index (χ4n) is 3.23. The summed E-state index contributed by atoms with van der Waals surface area (Å²) in [5.74, 6) is -0.278. The third-order valence-electron chi connectivity index (χ3n) is 4.59. The Balaban J connectivity index is 2.16. The molecule has 21 heavy (non-hydrogen) atoms. The third-order valence-corrected chi connectivity index (χ3v) is 4.81. The topological polar surface area (TPSA) is 49.3 Å². The molecule has 1 unspecified atom stereocenters. The van der Waals surface area contributed by atoms with Gasteiger partial charge in [-0.15, -0.1) is 0 Å². The van der Waals surface area contributed by atoms with E-state index in [0.29, 0.717) is 17.0 Å². The second-order valence-corrected chi connectivity index (χ2v) is 6.55. The number of rotatable bonds is 4. The zero-order chi connectivity index (χ0) is 15.4. The first-order chi connectivity index (χ1) is 9.99. The molecule has 4 heteroatoms. The van der Waals surface area contributed by atoms with Crippen molar-refractivity contribution < 1.29 is 9.90 Å². The van der Waals surface area contributed by atoms with Crippen molar-refractivity contribution in [2.24, 2.45) is 5.92 Å². The summed E-state index contributed by atoms with van der Waals surface area (Å²) in [5.41, 5.74) is 1.88. The van der Waals surface area contributed by atoms with Crippen molar-refractivity contribution in [3.8, 4) is 0 Å². The maximum atomic E-state index is 11.3. The molecule has 1 aliphatic carbocycles. The Morgan fingerprint density at radius 2 is 1.90 bits per heavy atom. The van der Waals surface area contributed by atoms with Crippen LogP contribution in [0, 0.1) is 12.8 Å². The number of hydrogen-bond acceptors (Lipinski definition) is 2. The van der Waals surface area contributed by atoms with Crippen LogP contribution >= 0.6 is 11.6 Å². The van der Waals surface area contributed by atoms with Crippen molar-refractivity contribution in [1.29, 1.82) is 0 Å². The van der Waals surface area contributed by atoms with Crippen LogP contribution in [0.4, 0.5) is 5.69 Å². The normalized spacial score (nSPS) is 18.0. The lowest BCUT2D eigenvalue weighted by Gasteiger charge is -2.26. The number of anilines is 1. The average molecular weight is 310 g/mol. The summed E-state index contributed by atoms with van der Waals surface area (Å²) in [6.07, 6.45) is 7.77. The number of halogens is 1. The lowest BCUT2D eigenvalue weighted by atomic mass is 9.92. The highest BCUT2D eigenvalue weighted by Crippen LogP contribution is 2.30. The zero-order valence-electron chi connectivity index (χ0n) is 12.8. The first-order valence-corrected chi connectivity index (χ1v) is 8.17. The number of hydrogen-bond donors (Lipinski definition) is 2. The molecule has 1 aromatic rings. The summed E-state index contributed by atoms with van der Waals surface area (Å²) in [7, 11) is 0. The molecular formula is C17H24ClNO2. The molecule has 0 aromatic heterocycles. The maximum absolute atomic E-state index is 11.3. The molecule has 1 atom stereocenters. The molecule has 0 radical (unpaired) electrons. The summed E-state index contributed by atoms with van der Waals surface area (Å²) < 4.78 is 0. The number of benzene rings is 1. The standard InChI is InChI=1S/C17H24ClNO2/c1-11-15(17(20)21)9-14(18)10-16(11)19-12(2)13-7-5-3-4-6-8-13/h9-10,12-13,19H,3-8H2,1-2H3,(H,20,21). The van der Waals surface area contributed by atoms with E-state index >= 15 is 0 Å². The molecule has 0 saturated heterocycles. The van der Waals surface area contributed by atoms with Crippen molar-refractivity contribution in [2.75, 3.05) is 5.32 Å². The van der Waals surface area contributed by atoms with Gasteiger partial charge in [0.05, 0.1) is 5.56 Å². The molecule has 2 N–H and O–H groups in total. The predicted octanol–water partition coefficient (Wildman–Crippen LogP) is 5.12. The first-order valence-electron chi connectivity index (χ1n) is 7.79. The lowest BCUT2D eigenvalue weighted by Crippen LogP contribution is -2.26. The molecule has 1 aliphatic rings. The molecule has 0 heterocycles. The Morgan fingerprint density at radius 3 is 2.48 bits per heavy atom. The van der Waals surface area contributed by atoms with Gasteiger partial charge in [0.15, 0.2) is 0 Å². The molecule has 1 aromatic carbocycles. The number of carboxylic acid groups (broad SMARTS) is 1. The molecule has 116 valence electrons. The van der Waals surface area contributed by atoms with Gasteiger partial charge >= 0.3 is 5.97 Å². The number of carbonyl (C=O) groups is 1. The average Bonchev–Trinajstić information content (AvgIpc) is 2.71. The van der Waals surface area contributed by atoms with E-state index in [1.54, 1.807) is 0 Å². The van der Waals surface area contributed by atoms with Gasteiger partial charge in [-0.1, -0.05) is 37.3 Å². The van der Waals surface area contributed by atoms with Crippen molar-refractivity contribution in [3.63, 3.8) is 0 Å². The molecule has 2 rings (SSSR count). The molecule has 0 amide bonds. The Bertz CT molecular complexity index is 508. The van der Waals surface area contributed by atoms with Gasteiger partial charge in [-0.05, 0) is 50.3 Å². The molecule has 0 bridgehead atoms. The van der Waals surface area contributed by atoms with E-state index in [2.05, 4.69) is 12.2 Å². The summed E-state index contributed by atoms with van der Waals surface area (Å²) >= 11 is 6.06. The van der Waals surface area contributed by atoms with Gasteiger partial charge in [0.1, 0.15) is 0 Å². The van der Waals surface area contributed by atoms with E-state index in [4.69, 9.17) is 11.6 Å². The molecule has 1 fully saturated rings. The van der Waals surface area contributed by atoms with Crippen LogP contribution in [0.15, 0.2) is 12.1 Å². The predicted molar refractivity (Wildman–Crippen MR) is 87.4 cm³/mol. The SMILES string of the molecule is Cc1c(NC(C)C2CCCCCC2)cc(Cl)cc1C(=O)O. The van der Waals surface area contributed by atoms with E-state index in [0.717, 1.165) is 11.3 Å². The van der Waals surface area contributed by atoms with E-state index in [1.807, 2.05) is 13.0 Å². The van der Waals surface area contributed by atoms with Crippen LogP contribution < -0.4 is 5.32 Å². The zero-order valence-corrected chi connectivity index (χ0v) is 13.5. The van der Waals surface area contributed by atoms with Crippen LogP contribution in [0.25, 0.3) is 0 Å². The van der Waals surface area contributed by atoms with Crippen LogP contribution in [0.1, 0.15) is 61.4 Å². The smallest absolute Gasteiger partial charge is 0.336 e. The minimum absolute atomic E-state index is 0.276. The molecule has 3 nitrogen and oxygen atoms in total. The van der Waals surface area contributed by atoms with Crippen molar-refractivity contribution in [3.05, 3.63) is 28.3 Å². The Morgan fingerprint density at radius 1 is 1.29 bits per heavy atom. The molecule has 0 aliphatic heterocycles. The first kappa shape index (κ1) is 16.2. The number of carboxylic acids is 1. The van der Waals surface area contributed by atoms with Gasteiger partial charge < -0.3 is 10.4 Å². The minimum Gasteiger partial charge on any atom is -0.478 e. The van der Waals surface area contributed by atoms with Crippen molar-refractivity contribution in [2.45, 2.75) is 58.4 Å². The fourth-order valence-corrected chi connectivity index (χ4v) is 3.44. The van der Waals surface area contributed by atoms with E-state index < -0.39 is 5.97 Å². The van der Waals surface area contributed by atoms with E-state index in [1.165, 1.54) is 44.6 Å². The quantitative estimate of drug-likeness (QED) is 0.759. The largest absolute Gasteiger partial charge is 0.478 e. The molecular weight excluding hydrogens is 286 g/mol. The summed E-state index contributed by atoms with van der Waals surface area (Å²) in [6, 6.07) is 3.68. The summed E-state index contributed by atoms with van der Waals surface area (Å²) in [5, 5.41) is 13.2. The van der Waals surface area contributed by atoms with Gasteiger partial charge in [-0.25, -0.2) is 4.79 Å². The van der Waals surface area contributed by atoms with E-state index in [-0.39, 0.29) is 5.56 Å². The van der Waals surface area contributed by atoms with Crippen LogP contribution in [-0.4, -0.2) is 17.1 Å². The summed E-state index contributed by atoms with van der Waals surface area (Å²) in [4.78, 5) is 11.3. The maximum Gasteiger partial charge on any atom is 0.336 e. The Labute approximate surface area is 131 Å². The van der Waals surface area contributed by atoms with Gasteiger partial charge in [0.2, 0.25) is 0 Å².